The number of carbonyl (C=O) groups is 1. The molecule has 10 nitrogen and oxygen atoms in total. The lowest BCUT2D eigenvalue weighted by atomic mass is 10.1. The second-order valence-corrected chi connectivity index (χ2v) is 7.06. The highest BCUT2D eigenvalue weighted by atomic mass is 32.2. The first-order valence-electron chi connectivity index (χ1n) is 8.41. The lowest BCUT2D eigenvalue weighted by Crippen LogP contribution is -2.38. The van der Waals surface area contributed by atoms with E-state index in [-0.39, 0.29) is 13.0 Å². The van der Waals surface area contributed by atoms with Gasteiger partial charge >= 0.3 is 11.7 Å². The molecule has 11 heteroatoms. The number of thioether (sulfide) groups is 1. The van der Waals surface area contributed by atoms with E-state index >= 15 is 0 Å². The minimum atomic E-state index is -0.495. The van der Waals surface area contributed by atoms with Crippen LogP contribution in [0, 0.1) is 13.8 Å². The van der Waals surface area contributed by atoms with Gasteiger partial charge in [-0.25, -0.2) is 14.3 Å². The standard InChI is InChI=1S/C17H20N6O4S/c1-9-12(10(2)23-15(18-9)19-16(20-23)28-5)7-14(25)27-8-11-6-13(24)22(4)17(26)21(11)3/h6H,7-8H2,1-5H3. The molecule has 0 saturated carbocycles. The maximum absolute atomic E-state index is 12.4. The zero-order valence-corrected chi connectivity index (χ0v) is 17.0. The molecule has 0 saturated heterocycles. The Labute approximate surface area is 164 Å². The molecule has 3 rings (SSSR count). The van der Waals surface area contributed by atoms with Gasteiger partial charge in [-0.2, -0.15) is 4.98 Å². The van der Waals surface area contributed by atoms with Crippen LogP contribution in [0.15, 0.2) is 20.8 Å². The Morgan fingerprint density at radius 1 is 1.18 bits per heavy atom. The van der Waals surface area contributed by atoms with E-state index in [2.05, 4.69) is 15.1 Å². The molecule has 0 atom stereocenters. The Balaban J connectivity index is 1.81. The first kappa shape index (κ1) is 19.8. The molecule has 0 N–H and O–H groups in total. The summed E-state index contributed by atoms with van der Waals surface area (Å²) >= 11 is 1.41. The summed E-state index contributed by atoms with van der Waals surface area (Å²) in [6.45, 7) is 3.47. The molecule has 0 amide bonds. The predicted octanol–water partition coefficient (Wildman–Crippen LogP) is 0.146. The van der Waals surface area contributed by atoms with Crippen LogP contribution < -0.4 is 11.2 Å². The molecule has 0 aliphatic heterocycles. The normalized spacial score (nSPS) is 11.2. The first-order valence-corrected chi connectivity index (χ1v) is 9.63. The second-order valence-electron chi connectivity index (χ2n) is 6.28. The number of ether oxygens (including phenoxy) is 1. The number of esters is 1. The van der Waals surface area contributed by atoms with Crippen molar-refractivity contribution in [1.29, 1.82) is 0 Å². The molecular weight excluding hydrogens is 384 g/mol. The lowest BCUT2D eigenvalue weighted by molar-refractivity contribution is -0.144. The van der Waals surface area contributed by atoms with E-state index in [1.54, 1.807) is 11.4 Å². The molecule has 0 aromatic carbocycles. The molecule has 0 radical (unpaired) electrons. The number of carbonyl (C=O) groups excluding carboxylic acids is 1. The minimum absolute atomic E-state index is 0.00609. The van der Waals surface area contributed by atoms with E-state index in [0.29, 0.717) is 27.9 Å². The van der Waals surface area contributed by atoms with Gasteiger partial charge in [0.25, 0.3) is 11.3 Å². The molecule has 3 aromatic heterocycles. The van der Waals surface area contributed by atoms with Crippen molar-refractivity contribution in [3.05, 3.63) is 49.5 Å². The van der Waals surface area contributed by atoms with Gasteiger partial charge in [-0.1, -0.05) is 11.8 Å². The summed E-state index contributed by atoms with van der Waals surface area (Å²) in [6.07, 6.45) is 1.87. The van der Waals surface area contributed by atoms with Crippen LogP contribution in [0.25, 0.3) is 5.78 Å². The van der Waals surface area contributed by atoms with Gasteiger partial charge in [0.1, 0.15) is 6.61 Å². The molecule has 0 unspecified atom stereocenters. The fraction of sp³-hybridized carbons (Fsp3) is 0.412. The topological polar surface area (TPSA) is 113 Å². The summed E-state index contributed by atoms with van der Waals surface area (Å²) in [4.78, 5) is 44.8. The smallest absolute Gasteiger partial charge is 0.330 e. The van der Waals surface area contributed by atoms with Crippen LogP contribution in [-0.4, -0.2) is 40.9 Å². The quantitative estimate of drug-likeness (QED) is 0.436. The summed E-state index contributed by atoms with van der Waals surface area (Å²) in [7, 11) is 2.91. The fourth-order valence-corrected chi connectivity index (χ4v) is 3.14. The SMILES string of the molecule is CSc1nc2nc(C)c(CC(=O)OCc3cc(=O)n(C)c(=O)n3C)c(C)n2n1. The van der Waals surface area contributed by atoms with Crippen LogP contribution >= 0.6 is 11.8 Å². The molecule has 0 aliphatic rings. The van der Waals surface area contributed by atoms with Crippen LogP contribution in [0.1, 0.15) is 22.6 Å². The summed E-state index contributed by atoms with van der Waals surface area (Å²) in [5.74, 6) is -0.0164. The molecule has 0 fully saturated rings. The van der Waals surface area contributed by atoms with E-state index in [1.165, 1.54) is 36.5 Å². The van der Waals surface area contributed by atoms with Crippen molar-refractivity contribution in [2.75, 3.05) is 6.26 Å². The largest absolute Gasteiger partial charge is 0.459 e. The van der Waals surface area contributed by atoms with Crippen molar-refractivity contribution in [1.82, 2.24) is 28.7 Å². The van der Waals surface area contributed by atoms with Crippen LogP contribution in [0.2, 0.25) is 0 Å². The third-order valence-corrected chi connectivity index (χ3v) is 5.08. The van der Waals surface area contributed by atoms with E-state index in [9.17, 15) is 14.4 Å². The maximum atomic E-state index is 12.4. The number of nitrogens with zero attached hydrogens (tertiary/aromatic N) is 6. The fourth-order valence-electron chi connectivity index (χ4n) is 2.80. The Kier molecular flexibility index (Phi) is 5.36. The van der Waals surface area contributed by atoms with E-state index < -0.39 is 17.2 Å². The molecule has 28 heavy (non-hydrogen) atoms. The summed E-state index contributed by atoms with van der Waals surface area (Å²) in [5.41, 5.74) is 1.52. The number of rotatable bonds is 5. The number of aromatic nitrogens is 6. The Bertz CT molecular complexity index is 1190. The van der Waals surface area contributed by atoms with Crippen LogP contribution in [0.5, 0.6) is 0 Å². The first-order chi connectivity index (χ1) is 13.2. The van der Waals surface area contributed by atoms with Gasteiger partial charge in [0, 0.05) is 37.1 Å². The van der Waals surface area contributed by atoms with E-state index in [4.69, 9.17) is 4.74 Å². The average Bonchev–Trinajstić information content (AvgIpc) is 3.08. The average molecular weight is 404 g/mol. The third-order valence-electron chi connectivity index (χ3n) is 4.54. The molecule has 0 aliphatic carbocycles. The van der Waals surface area contributed by atoms with Gasteiger partial charge in [0.05, 0.1) is 12.1 Å². The predicted molar refractivity (Wildman–Crippen MR) is 102 cm³/mol. The van der Waals surface area contributed by atoms with Crippen molar-refractivity contribution in [3.8, 4) is 0 Å². The number of fused-ring (bicyclic) bond motifs is 1. The number of hydrogen-bond acceptors (Lipinski definition) is 8. The summed E-state index contributed by atoms with van der Waals surface area (Å²) < 4.78 is 9.15. The van der Waals surface area contributed by atoms with Gasteiger partial charge in [-0.3, -0.25) is 18.7 Å². The van der Waals surface area contributed by atoms with Crippen LogP contribution in [0.3, 0.4) is 0 Å². The molecule has 0 bridgehead atoms. The van der Waals surface area contributed by atoms with E-state index in [0.717, 1.165) is 10.3 Å². The highest BCUT2D eigenvalue weighted by molar-refractivity contribution is 7.98. The zero-order chi connectivity index (χ0) is 20.6. The van der Waals surface area contributed by atoms with Crippen molar-refractivity contribution < 1.29 is 9.53 Å². The van der Waals surface area contributed by atoms with E-state index in [1.807, 2.05) is 13.2 Å². The van der Waals surface area contributed by atoms with Gasteiger partial charge in [0.15, 0.2) is 0 Å². The van der Waals surface area contributed by atoms with Crippen LogP contribution in [-0.2, 0) is 36.7 Å². The Morgan fingerprint density at radius 2 is 1.89 bits per heavy atom. The highest BCUT2D eigenvalue weighted by Crippen LogP contribution is 2.17. The Morgan fingerprint density at radius 3 is 2.57 bits per heavy atom. The molecular formula is C17H20N6O4S. The Hall–Kier alpha value is -2.95. The molecule has 148 valence electrons. The van der Waals surface area contributed by atoms with Crippen molar-refractivity contribution in [2.24, 2.45) is 14.1 Å². The third kappa shape index (κ3) is 3.57. The van der Waals surface area contributed by atoms with Gasteiger partial charge in [-0.15, -0.1) is 5.10 Å². The lowest BCUT2D eigenvalue weighted by Gasteiger charge is -2.12. The monoisotopic (exact) mass is 404 g/mol. The zero-order valence-electron chi connectivity index (χ0n) is 16.2. The second kappa shape index (κ2) is 7.58. The summed E-state index contributed by atoms with van der Waals surface area (Å²) in [6, 6.07) is 1.28. The maximum Gasteiger partial charge on any atom is 0.330 e. The highest BCUT2D eigenvalue weighted by Gasteiger charge is 2.17. The van der Waals surface area contributed by atoms with Gasteiger partial charge < -0.3 is 4.74 Å². The van der Waals surface area contributed by atoms with Crippen molar-refractivity contribution in [2.45, 2.75) is 32.0 Å². The minimum Gasteiger partial charge on any atom is -0.459 e. The molecule has 3 aromatic rings. The summed E-state index contributed by atoms with van der Waals surface area (Å²) in [5, 5.41) is 4.95. The van der Waals surface area contributed by atoms with Crippen molar-refractivity contribution >= 4 is 23.5 Å². The van der Waals surface area contributed by atoms with Crippen molar-refractivity contribution in [3.63, 3.8) is 0 Å². The number of hydrogen-bond donors (Lipinski definition) is 0. The molecule has 0 spiro atoms. The van der Waals surface area contributed by atoms with Gasteiger partial charge in [-0.05, 0) is 20.1 Å². The number of aryl methyl sites for hydroxylation is 2. The van der Waals surface area contributed by atoms with Gasteiger partial charge in [0.2, 0.25) is 5.16 Å². The van der Waals surface area contributed by atoms with Crippen LogP contribution in [0.4, 0.5) is 0 Å². The molecule has 3 heterocycles.